The fraction of sp³-hybridized carbons (Fsp3) is 0.143. The number of ether oxygens (including phenoxy) is 2. The van der Waals surface area contributed by atoms with Gasteiger partial charge in [-0.25, -0.2) is 5.43 Å². The van der Waals surface area contributed by atoms with Crippen LogP contribution in [0.1, 0.15) is 5.56 Å². The first-order valence-electron chi connectivity index (χ1n) is 8.57. The van der Waals surface area contributed by atoms with Gasteiger partial charge in [0.2, 0.25) is 0 Å². The number of halogens is 1. The van der Waals surface area contributed by atoms with Gasteiger partial charge in [0.1, 0.15) is 0 Å². The summed E-state index contributed by atoms with van der Waals surface area (Å²) in [5.41, 5.74) is 4.14. The van der Waals surface area contributed by atoms with E-state index in [2.05, 4.69) is 31.8 Å². The van der Waals surface area contributed by atoms with Gasteiger partial charge in [-0.1, -0.05) is 30.3 Å². The maximum atomic E-state index is 12.0. The Labute approximate surface area is 171 Å². The highest BCUT2D eigenvalue weighted by atomic mass is 79.9. The van der Waals surface area contributed by atoms with Crippen molar-refractivity contribution in [3.05, 3.63) is 64.6 Å². The molecule has 0 aliphatic heterocycles. The Kier molecular flexibility index (Phi) is 6.49. The molecule has 7 heteroatoms. The molecule has 3 aromatic carbocycles. The molecule has 0 heterocycles. The molecular weight excluding hydrogens is 422 g/mol. The number of carbonyl (C=O) groups is 1. The van der Waals surface area contributed by atoms with Gasteiger partial charge < -0.3 is 14.8 Å². The van der Waals surface area contributed by atoms with Crippen LogP contribution in [-0.2, 0) is 4.79 Å². The van der Waals surface area contributed by atoms with Gasteiger partial charge in [-0.15, -0.1) is 0 Å². The Morgan fingerprint density at radius 3 is 2.61 bits per heavy atom. The molecule has 144 valence electrons. The molecule has 2 N–H and O–H groups in total. The molecule has 0 aromatic heterocycles. The van der Waals surface area contributed by atoms with Crippen molar-refractivity contribution in [1.82, 2.24) is 5.43 Å². The first-order chi connectivity index (χ1) is 13.6. The maximum absolute atomic E-state index is 12.0. The van der Waals surface area contributed by atoms with Crippen LogP contribution in [0.2, 0.25) is 0 Å². The Morgan fingerprint density at radius 2 is 1.86 bits per heavy atom. The van der Waals surface area contributed by atoms with Crippen LogP contribution in [0, 0.1) is 0 Å². The SMILES string of the molecule is COc1cc(C=NNC(=O)CNc2ccc3ccccc3c2)cc(Br)c1OC. The number of nitrogens with one attached hydrogen (secondary N) is 2. The van der Waals surface area contributed by atoms with Gasteiger partial charge in [0.25, 0.3) is 5.91 Å². The van der Waals surface area contributed by atoms with Crippen molar-refractivity contribution >= 4 is 44.5 Å². The topological polar surface area (TPSA) is 72.0 Å². The number of hydrogen-bond acceptors (Lipinski definition) is 5. The molecule has 3 rings (SSSR count). The highest BCUT2D eigenvalue weighted by Crippen LogP contribution is 2.35. The minimum atomic E-state index is -0.246. The zero-order chi connectivity index (χ0) is 19.9. The van der Waals surface area contributed by atoms with E-state index >= 15 is 0 Å². The van der Waals surface area contributed by atoms with Crippen molar-refractivity contribution in [3.63, 3.8) is 0 Å². The van der Waals surface area contributed by atoms with Crippen molar-refractivity contribution in [2.75, 3.05) is 26.1 Å². The number of hydrazone groups is 1. The summed E-state index contributed by atoms with van der Waals surface area (Å²) in [6.07, 6.45) is 1.54. The van der Waals surface area contributed by atoms with E-state index in [0.717, 1.165) is 26.5 Å². The Balaban J connectivity index is 1.57. The average Bonchev–Trinajstić information content (AvgIpc) is 2.71. The fourth-order valence-electron chi connectivity index (χ4n) is 2.71. The summed E-state index contributed by atoms with van der Waals surface area (Å²) in [6, 6.07) is 17.6. The van der Waals surface area contributed by atoms with E-state index in [1.807, 2.05) is 48.5 Å². The van der Waals surface area contributed by atoms with E-state index in [-0.39, 0.29) is 12.5 Å². The lowest BCUT2D eigenvalue weighted by Crippen LogP contribution is -2.25. The number of nitrogens with zero attached hydrogens (tertiary/aromatic N) is 1. The van der Waals surface area contributed by atoms with Crippen LogP contribution in [0.25, 0.3) is 10.8 Å². The van der Waals surface area contributed by atoms with Gasteiger partial charge in [-0.05, 0) is 56.5 Å². The largest absolute Gasteiger partial charge is 0.493 e. The molecule has 0 radical (unpaired) electrons. The Hall–Kier alpha value is -3.06. The summed E-state index contributed by atoms with van der Waals surface area (Å²) >= 11 is 3.42. The first-order valence-corrected chi connectivity index (χ1v) is 9.36. The summed E-state index contributed by atoms with van der Waals surface area (Å²) in [7, 11) is 3.13. The lowest BCUT2D eigenvalue weighted by atomic mass is 10.1. The molecule has 28 heavy (non-hydrogen) atoms. The predicted molar refractivity (Wildman–Crippen MR) is 115 cm³/mol. The third-order valence-corrected chi connectivity index (χ3v) is 4.65. The van der Waals surface area contributed by atoms with E-state index in [9.17, 15) is 4.79 Å². The molecule has 0 atom stereocenters. The molecule has 0 saturated carbocycles. The predicted octanol–water partition coefficient (Wildman–Crippen LogP) is 4.18. The van der Waals surface area contributed by atoms with Gasteiger partial charge in [-0.3, -0.25) is 4.79 Å². The van der Waals surface area contributed by atoms with Crippen molar-refractivity contribution in [1.29, 1.82) is 0 Å². The highest BCUT2D eigenvalue weighted by Gasteiger charge is 2.09. The lowest BCUT2D eigenvalue weighted by molar-refractivity contribution is -0.119. The summed E-state index contributed by atoms with van der Waals surface area (Å²) < 4.78 is 11.3. The van der Waals surface area contributed by atoms with Crippen LogP contribution in [0.4, 0.5) is 5.69 Å². The van der Waals surface area contributed by atoms with Crippen molar-refractivity contribution < 1.29 is 14.3 Å². The third kappa shape index (κ3) is 4.80. The summed E-state index contributed by atoms with van der Waals surface area (Å²) in [5.74, 6) is 0.926. The number of anilines is 1. The van der Waals surface area contributed by atoms with E-state index in [0.29, 0.717) is 11.5 Å². The summed E-state index contributed by atoms with van der Waals surface area (Å²) in [5, 5.41) is 9.36. The smallest absolute Gasteiger partial charge is 0.259 e. The second-order valence-electron chi connectivity index (χ2n) is 5.95. The highest BCUT2D eigenvalue weighted by molar-refractivity contribution is 9.10. The molecule has 3 aromatic rings. The number of hydrogen-bond donors (Lipinski definition) is 2. The molecule has 0 bridgehead atoms. The second-order valence-corrected chi connectivity index (χ2v) is 6.80. The molecule has 6 nitrogen and oxygen atoms in total. The maximum Gasteiger partial charge on any atom is 0.259 e. The van der Waals surface area contributed by atoms with Crippen LogP contribution in [0.5, 0.6) is 11.5 Å². The van der Waals surface area contributed by atoms with Crippen molar-refractivity contribution in [2.45, 2.75) is 0 Å². The second kappa shape index (κ2) is 9.23. The standard InChI is InChI=1S/C21H20BrN3O3/c1-27-19-10-14(9-18(22)21(19)28-2)12-24-25-20(26)13-23-17-8-7-15-5-3-4-6-16(15)11-17/h3-12,23H,13H2,1-2H3,(H,25,26). The normalized spacial score (nSPS) is 10.8. The number of methoxy groups -OCH3 is 2. The van der Waals surface area contributed by atoms with E-state index < -0.39 is 0 Å². The first kappa shape index (κ1) is 19.7. The molecule has 0 spiro atoms. The van der Waals surface area contributed by atoms with Crippen LogP contribution < -0.4 is 20.2 Å². The molecule has 1 amide bonds. The molecule has 0 unspecified atom stereocenters. The number of carbonyl (C=O) groups excluding carboxylic acids is 1. The van der Waals surface area contributed by atoms with Crippen LogP contribution >= 0.6 is 15.9 Å². The van der Waals surface area contributed by atoms with Gasteiger partial charge in [-0.2, -0.15) is 5.10 Å². The minimum Gasteiger partial charge on any atom is -0.493 e. The van der Waals surface area contributed by atoms with Crippen LogP contribution in [0.15, 0.2) is 64.2 Å². The van der Waals surface area contributed by atoms with Crippen LogP contribution in [-0.4, -0.2) is 32.9 Å². The molecule has 0 saturated heterocycles. The van der Waals surface area contributed by atoms with E-state index in [4.69, 9.17) is 9.47 Å². The zero-order valence-corrected chi connectivity index (χ0v) is 17.1. The van der Waals surface area contributed by atoms with Gasteiger partial charge in [0.05, 0.1) is 31.5 Å². The lowest BCUT2D eigenvalue weighted by Gasteiger charge is -2.10. The van der Waals surface area contributed by atoms with Crippen molar-refractivity contribution in [2.24, 2.45) is 5.10 Å². The summed E-state index contributed by atoms with van der Waals surface area (Å²) in [6.45, 7) is 0.116. The fourth-order valence-corrected chi connectivity index (χ4v) is 3.33. The number of fused-ring (bicyclic) bond motifs is 1. The Morgan fingerprint density at radius 1 is 1.07 bits per heavy atom. The van der Waals surface area contributed by atoms with Gasteiger partial charge in [0, 0.05) is 5.69 Å². The minimum absolute atomic E-state index is 0.116. The zero-order valence-electron chi connectivity index (χ0n) is 15.5. The molecular formula is C21H20BrN3O3. The van der Waals surface area contributed by atoms with E-state index in [1.54, 1.807) is 26.5 Å². The Bertz CT molecular complexity index is 1020. The van der Waals surface area contributed by atoms with E-state index in [1.165, 1.54) is 0 Å². The average molecular weight is 442 g/mol. The monoisotopic (exact) mass is 441 g/mol. The van der Waals surface area contributed by atoms with Gasteiger partial charge >= 0.3 is 0 Å². The molecule has 0 aliphatic rings. The molecule has 0 fully saturated rings. The van der Waals surface area contributed by atoms with Crippen molar-refractivity contribution in [3.8, 4) is 11.5 Å². The third-order valence-electron chi connectivity index (χ3n) is 4.06. The van der Waals surface area contributed by atoms with Crippen LogP contribution in [0.3, 0.4) is 0 Å². The molecule has 0 aliphatic carbocycles. The number of benzene rings is 3. The van der Waals surface area contributed by atoms with Gasteiger partial charge in [0.15, 0.2) is 11.5 Å². The quantitative estimate of drug-likeness (QED) is 0.426. The number of amides is 1. The summed E-state index contributed by atoms with van der Waals surface area (Å²) in [4.78, 5) is 12.0. The number of rotatable bonds is 7.